The monoisotopic (exact) mass is 236 g/mol. The van der Waals surface area contributed by atoms with Crippen LogP contribution < -0.4 is 0 Å². The Labute approximate surface area is 94.3 Å². The van der Waals surface area contributed by atoms with Gasteiger partial charge in [0, 0.05) is 0 Å². The first-order chi connectivity index (χ1) is 7.32. The van der Waals surface area contributed by atoms with Gasteiger partial charge in [0.2, 0.25) is 0 Å². The van der Waals surface area contributed by atoms with Gasteiger partial charge in [-0.05, 0) is 32.1 Å². The van der Waals surface area contributed by atoms with Gasteiger partial charge < -0.3 is 5.11 Å². The van der Waals surface area contributed by atoms with Crippen molar-refractivity contribution in [2.24, 2.45) is 11.8 Å². The van der Waals surface area contributed by atoms with Gasteiger partial charge in [0.15, 0.2) is 0 Å². The maximum absolute atomic E-state index is 12.8. The second kappa shape index (κ2) is 5.21. The smallest absolute Gasteiger partial charge is 0.392 e. The average Bonchev–Trinajstić information content (AvgIpc) is 2.15. The molecule has 1 rings (SSSR count). The van der Waals surface area contributed by atoms with E-state index in [0.717, 1.165) is 12.0 Å². The van der Waals surface area contributed by atoms with E-state index in [9.17, 15) is 18.3 Å². The van der Waals surface area contributed by atoms with Crippen molar-refractivity contribution in [3.8, 4) is 0 Å². The number of rotatable bonds is 3. The van der Waals surface area contributed by atoms with Crippen LogP contribution in [0.2, 0.25) is 0 Å². The van der Waals surface area contributed by atoms with Gasteiger partial charge in [-0.25, -0.2) is 0 Å². The van der Waals surface area contributed by atoms with Gasteiger partial charge in [-0.3, -0.25) is 0 Å². The van der Waals surface area contributed by atoms with Crippen molar-refractivity contribution >= 4 is 0 Å². The summed E-state index contributed by atoms with van der Waals surface area (Å²) in [5, 5.41) is 9.82. The molecular weight excluding hydrogens is 217 g/mol. The van der Waals surface area contributed by atoms with Gasteiger partial charge >= 0.3 is 6.18 Å². The molecule has 94 valence electrons. The fourth-order valence-corrected chi connectivity index (χ4v) is 2.53. The minimum absolute atomic E-state index is 0.154. The van der Waals surface area contributed by atoms with Gasteiger partial charge in [-0.1, -0.05) is 18.4 Å². The molecule has 0 aliphatic heterocycles. The highest BCUT2D eigenvalue weighted by Gasteiger charge is 2.47. The molecule has 1 aliphatic carbocycles. The fraction of sp³-hybridized carbons (Fsp3) is 0.833. The van der Waals surface area contributed by atoms with Crippen LogP contribution in [0.25, 0.3) is 0 Å². The third kappa shape index (κ3) is 3.51. The molecule has 0 aromatic heterocycles. The molecule has 16 heavy (non-hydrogen) atoms. The highest BCUT2D eigenvalue weighted by Crippen LogP contribution is 2.43. The molecule has 1 N–H and O–H groups in total. The molecule has 1 nitrogen and oxygen atoms in total. The lowest BCUT2D eigenvalue weighted by Gasteiger charge is -2.36. The fourth-order valence-electron chi connectivity index (χ4n) is 2.53. The summed E-state index contributed by atoms with van der Waals surface area (Å²) >= 11 is 0. The van der Waals surface area contributed by atoms with Crippen LogP contribution >= 0.6 is 0 Å². The van der Waals surface area contributed by atoms with E-state index < -0.39 is 24.1 Å². The zero-order chi connectivity index (χ0) is 12.3. The Bertz CT molecular complexity index is 247. The van der Waals surface area contributed by atoms with Gasteiger partial charge in [-0.2, -0.15) is 13.2 Å². The Kier molecular flexibility index (Phi) is 4.42. The van der Waals surface area contributed by atoms with Crippen molar-refractivity contribution in [3.05, 3.63) is 12.2 Å². The number of hydrogen-bond donors (Lipinski definition) is 1. The van der Waals surface area contributed by atoms with Gasteiger partial charge in [0.05, 0.1) is 12.0 Å². The largest absolute Gasteiger partial charge is 0.392 e. The topological polar surface area (TPSA) is 20.2 Å². The van der Waals surface area contributed by atoms with E-state index >= 15 is 0 Å². The third-order valence-corrected chi connectivity index (χ3v) is 3.29. The SMILES string of the molecule is C=C(C)CC(O)C1CCCCC1C(F)(F)F. The molecule has 0 aromatic carbocycles. The number of alkyl halides is 3. The molecule has 1 fully saturated rings. The van der Waals surface area contributed by atoms with Crippen molar-refractivity contribution in [2.45, 2.75) is 51.3 Å². The average molecular weight is 236 g/mol. The molecule has 1 saturated carbocycles. The van der Waals surface area contributed by atoms with Crippen molar-refractivity contribution in [3.63, 3.8) is 0 Å². The van der Waals surface area contributed by atoms with Crippen LogP contribution in [0.4, 0.5) is 13.2 Å². The molecule has 0 spiro atoms. The number of aliphatic hydroxyl groups is 1. The number of halogens is 3. The molecule has 0 aromatic rings. The van der Waals surface area contributed by atoms with Crippen molar-refractivity contribution < 1.29 is 18.3 Å². The van der Waals surface area contributed by atoms with Crippen molar-refractivity contribution in [1.82, 2.24) is 0 Å². The first-order valence-electron chi connectivity index (χ1n) is 5.71. The van der Waals surface area contributed by atoms with E-state index in [1.807, 2.05) is 0 Å². The molecule has 3 unspecified atom stereocenters. The number of aliphatic hydroxyl groups excluding tert-OH is 1. The van der Waals surface area contributed by atoms with Crippen LogP contribution in [-0.4, -0.2) is 17.4 Å². The molecule has 0 amide bonds. The molecule has 0 radical (unpaired) electrons. The minimum Gasteiger partial charge on any atom is -0.392 e. The van der Waals surface area contributed by atoms with Gasteiger partial charge in [-0.15, -0.1) is 6.58 Å². The molecule has 1 aliphatic rings. The maximum atomic E-state index is 12.8. The van der Waals surface area contributed by atoms with Gasteiger partial charge in [0.1, 0.15) is 0 Å². The Hall–Kier alpha value is -0.510. The lowest BCUT2D eigenvalue weighted by atomic mass is 9.74. The highest BCUT2D eigenvalue weighted by atomic mass is 19.4. The Morgan fingerprint density at radius 2 is 1.94 bits per heavy atom. The summed E-state index contributed by atoms with van der Waals surface area (Å²) in [7, 11) is 0. The van der Waals surface area contributed by atoms with Crippen LogP contribution in [0.3, 0.4) is 0 Å². The van der Waals surface area contributed by atoms with Crippen molar-refractivity contribution in [2.75, 3.05) is 0 Å². The van der Waals surface area contributed by atoms with Crippen LogP contribution in [0.1, 0.15) is 39.0 Å². The van der Waals surface area contributed by atoms with Crippen LogP contribution in [0.15, 0.2) is 12.2 Å². The summed E-state index contributed by atoms with van der Waals surface area (Å²) < 4.78 is 38.3. The lowest BCUT2D eigenvalue weighted by molar-refractivity contribution is -0.206. The van der Waals surface area contributed by atoms with Gasteiger partial charge in [0.25, 0.3) is 0 Å². The first-order valence-corrected chi connectivity index (χ1v) is 5.71. The van der Waals surface area contributed by atoms with E-state index in [4.69, 9.17) is 0 Å². The first kappa shape index (κ1) is 13.6. The highest BCUT2D eigenvalue weighted by molar-refractivity contribution is 4.95. The lowest BCUT2D eigenvalue weighted by Crippen LogP contribution is -2.39. The molecule has 0 saturated heterocycles. The van der Waals surface area contributed by atoms with E-state index in [1.165, 1.54) is 0 Å². The maximum Gasteiger partial charge on any atom is 0.392 e. The normalized spacial score (nSPS) is 28.8. The minimum atomic E-state index is -4.18. The zero-order valence-corrected chi connectivity index (χ0v) is 9.56. The molecule has 0 heterocycles. The van der Waals surface area contributed by atoms with Crippen LogP contribution in [0.5, 0.6) is 0 Å². The second-order valence-electron chi connectivity index (χ2n) is 4.82. The van der Waals surface area contributed by atoms with Crippen LogP contribution in [-0.2, 0) is 0 Å². The molecule has 3 atom stereocenters. The summed E-state index contributed by atoms with van der Waals surface area (Å²) in [6, 6.07) is 0. The van der Waals surface area contributed by atoms with E-state index in [2.05, 4.69) is 6.58 Å². The summed E-state index contributed by atoms with van der Waals surface area (Å²) in [5.41, 5.74) is 0.735. The van der Waals surface area contributed by atoms with Crippen molar-refractivity contribution in [1.29, 1.82) is 0 Å². The standard InChI is InChI=1S/C12H19F3O/c1-8(2)7-11(16)9-5-3-4-6-10(9)12(13,14)15/h9-11,16H,1,3-7H2,2H3. The Balaban J connectivity index is 2.70. The molecule has 0 bridgehead atoms. The van der Waals surface area contributed by atoms with E-state index in [-0.39, 0.29) is 12.8 Å². The third-order valence-electron chi connectivity index (χ3n) is 3.29. The Morgan fingerprint density at radius 1 is 1.38 bits per heavy atom. The molecular formula is C12H19F3O. The second-order valence-corrected chi connectivity index (χ2v) is 4.82. The van der Waals surface area contributed by atoms with E-state index in [1.54, 1.807) is 6.92 Å². The molecule has 4 heteroatoms. The summed E-state index contributed by atoms with van der Waals surface area (Å²) in [4.78, 5) is 0. The Morgan fingerprint density at radius 3 is 2.44 bits per heavy atom. The summed E-state index contributed by atoms with van der Waals surface area (Å²) in [6.45, 7) is 5.37. The quantitative estimate of drug-likeness (QED) is 0.741. The van der Waals surface area contributed by atoms with Crippen LogP contribution in [0, 0.1) is 11.8 Å². The summed E-state index contributed by atoms with van der Waals surface area (Å²) in [6.07, 6.45) is -2.78. The predicted octanol–water partition coefficient (Wildman–Crippen LogP) is 3.68. The van der Waals surface area contributed by atoms with E-state index in [0.29, 0.717) is 12.8 Å². The zero-order valence-electron chi connectivity index (χ0n) is 9.56. The predicted molar refractivity (Wildman–Crippen MR) is 56.9 cm³/mol. The number of hydrogen-bond acceptors (Lipinski definition) is 1. The summed E-state index contributed by atoms with van der Waals surface area (Å²) in [5.74, 6) is -1.99.